The molecule has 2 aliphatic heterocycles. The molecular formula is C21H23NO7S. The van der Waals surface area contributed by atoms with Crippen LogP contribution in [0, 0.1) is 0 Å². The summed E-state index contributed by atoms with van der Waals surface area (Å²) in [6, 6.07) is 8.83. The van der Waals surface area contributed by atoms with E-state index in [-0.39, 0.29) is 16.8 Å². The third-order valence-electron chi connectivity index (χ3n) is 4.42. The number of β-lactam (4-membered cyclic amide) rings is 1. The molecule has 30 heavy (non-hydrogen) atoms. The molecule has 2 heterocycles. The van der Waals surface area contributed by atoms with E-state index in [1.807, 2.05) is 0 Å². The van der Waals surface area contributed by atoms with Crippen LogP contribution in [0.5, 0.6) is 0 Å². The van der Waals surface area contributed by atoms with E-state index in [2.05, 4.69) is 0 Å². The van der Waals surface area contributed by atoms with Gasteiger partial charge in [-0.15, -0.1) is 0 Å². The lowest BCUT2D eigenvalue weighted by Crippen LogP contribution is -2.62. The van der Waals surface area contributed by atoms with E-state index < -0.39 is 51.0 Å². The van der Waals surface area contributed by atoms with Crippen LogP contribution in [-0.4, -0.2) is 54.5 Å². The van der Waals surface area contributed by atoms with Crippen LogP contribution in [0.25, 0.3) is 6.08 Å². The molecule has 1 amide bonds. The zero-order valence-corrected chi connectivity index (χ0v) is 18.0. The highest BCUT2D eigenvalue weighted by Gasteiger charge is 2.57. The highest BCUT2D eigenvalue weighted by Crippen LogP contribution is 2.41. The zero-order valence-electron chi connectivity index (χ0n) is 17.2. The molecule has 0 spiro atoms. The van der Waals surface area contributed by atoms with Gasteiger partial charge in [-0.2, -0.15) is 0 Å². The Labute approximate surface area is 175 Å². The Morgan fingerprint density at radius 1 is 1.20 bits per heavy atom. The molecule has 2 aliphatic rings. The van der Waals surface area contributed by atoms with Crippen molar-refractivity contribution in [2.45, 2.75) is 38.7 Å². The van der Waals surface area contributed by atoms with Gasteiger partial charge in [0.2, 0.25) is 0 Å². The number of carbonyl (C=O) groups excluding carboxylic acids is 3. The first-order valence-corrected chi connectivity index (χ1v) is 11.0. The maximum Gasteiger partial charge on any atom is 0.355 e. The van der Waals surface area contributed by atoms with Crippen molar-refractivity contribution in [1.82, 2.24) is 4.90 Å². The Kier molecular flexibility index (Phi) is 5.60. The second-order valence-corrected chi connectivity index (χ2v) is 10.1. The highest BCUT2D eigenvalue weighted by atomic mass is 32.2. The standard InChI is InChI=1S/C21H23NO7S/c1-13(23)28-11-15-12-30(26,27)19-16(10-14-8-6-5-7-9-14)18(24)22(19)17(15)20(25)29-21(2,3)4/h5-10,19H,11-12H2,1-4H3/b16-10+. The maximum absolute atomic E-state index is 12.9. The van der Waals surface area contributed by atoms with Gasteiger partial charge in [0, 0.05) is 12.5 Å². The SMILES string of the molecule is CC(=O)OCC1=C(C(=O)OC(C)(C)C)N2C(=O)/C(=C\c3ccccc3)C2S(=O)(=O)C1. The fourth-order valence-electron chi connectivity index (χ4n) is 3.29. The van der Waals surface area contributed by atoms with E-state index in [9.17, 15) is 22.8 Å². The van der Waals surface area contributed by atoms with Gasteiger partial charge in [0.25, 0.3) is 5.91 Å². The molecular weight excluding hydrogens is 410 g/mol. The summed E-state index contributed by atoms with van der Waals surface area (Å²) in [7, 11) is -3.85. The van der Waals surface area contributed by atoms with E-state index in [0.29, 0.717) is 5.56 Å². The van der Waals surface area contributed by atoms with Crippen molar-refractivity contribution < 1.29 is 32.3 Å². The molecule has 0 aliphatic carbocycles. The molecule has 0 N–H and O–H groups in total. The van der Waals surface area contributed by atoms with Gasteiger partial charge in [-0.1, -0.05) is 30.3 Å². The minimum absolute atomic E-state index is 0.0165. The number of esters is 2. The summed E-state index contributed by atoms with van der Waals surface area (Å²) in [5.41, 5.74) is -0.277. The Morgan fingerprint density at radius 3 is 2.40 bits per heavy atom. The van der Waals surface area contributed by atoms with Crippen molar-refractivity contribution in [2.75, 3.05) is 12.4 Å². The van der Waals surface area contributed by atoms with Crippen LogP contribution in [0.4, 0.5) is 0 Å². The quantitative estimate of drug-likeness (QED) is 0.405. The molecule has 0 aromatic heterocycles. The van der Waals surface area contributed by atoms with Gasteiger partial charge in [0.05, 0.1) is 11.3 Å². The number of sulfone groups is 1. The predicted molar refractivity (Wildman–Crippen MR) is 108 cm³/mol. The second kappa shape index (κ2) is 7.71. The van der Waals surface area contributed by atoms with Crippen LogP contribution >= 0.6 is 0 Å². The van der Waals surface area contributed by atoms with Crippen molar-refractivity contribution >= 4 is 33.8 Å². The minimum Gasteiger partial charge on any atom is -0.461 e. The van der Waals surface area contributed by atoms with Gasteiger partial charge in [-0.25, -0.2) is 13.2 Å². The molecule has 0 saturated carbocycles. The maximum atomic E-state index is 12.9. The molecule has 1 saturated heterocycles. The Balaban J connectivity index is 2.07. The molecule has 0 bridgehead atoms. The number of benzene rings is 1. The van der Waals surface area contributed by atoms with E-state index >= 15 is 0 Å². The molecule has 1 aromatic carbocycles. The van der Waals surface area contributed by atoms with Crippen molar-refractivity contribution in [2.24, 2.45) is 0 Å². The third-order valence-corrected chi connectivity index (χ3v) is 6.32. The summed E-state index contributed by atoms with van der Waals surface area (Å²) in [6.07, 6.45) is 1.50. The fourth-order valence-corrected chi connectivity index (χ4v) is 5.23. The molecule has 9 heteroatoms. The first-order chi connectivity index (χ1) is 13.9. The number of ether oxygens (including phenoxy) is 2. The van der Waals surface area contributed by atoms with E-state index in [0.717, 1.165) is 4.90 Å². The summed E-state index contributed by atoms with van der Waals surface area (Å²) < 4.78 is 36.2. The molecule has 1 fully saturated rings. The summed E-state index contributed by atoms with van der Waals surface area (Å²) >= 11 is 0. The lowest BCUT2D eigenvalue weighted by molar-refractivity contribution is -0.155. The van der Waals surface area contributed by atoms with Crippen LogP contribution < -0.4 is 0 Å². The van der Waals surface area contributed by atoms with Gasteiger partial charge in [0.15, 0.2) is 15.2 Å². The average molecular weight is 433 g/mol. The summed E-state index contributed by atoms with van der Waals surface area (Å²) in [5.74, 6) is -2.59. The molecule has 1 unspecified atom stereocenters. The number of amides is 1. The summed E-state index contributed by atoms with van der Waals surface area (Å²) in [6.45, 7) is 5.73. The van der Waals surface area contributed by atoms with Crippen molar-refractivity contribution in [3.8, 4) is 0 Å². The molecule has 0 radical (unpaired) electrons. The lowest BCUT2D eigenvalue weighted by Gasteiger charge is -2.46. The van der Waals surface area contributed by atoms with Crippen molar-refractivity contribution in [3.63, 3.8) is 0 Å². The number of rotatable bonds is 4. The molecule has 8 nitrogen and oxygen atoms in total. The smallest absolute Gasteiger partial charge is 0.355 e. The molecule has 160 valence electrons. The predicted octanol–water partition coefficient (Wildman–Crippen LogP) is 1.83. The van der Waals surface area contributed by atoms with E-state index in [1.165, 1.54) is 13.0 Å². The van der Waals surface area contributed by atoms with Crippen molar-refractivity contribution in [1.29, 1.82) is 0 Å². The minimum atomic E-state index is -3.85. The van der Waals surface area contributed by atoms with Crippen LogP contribution in [0.1, 0.15) is 33.3 Å². The number of hydrogen-bond donors (Lipinski definition) is 0. The fraction of sp³-hybridized carbons (Fsp3) is 0.381. The topological polar surface area (TPSA) is 107 Å². The first-order valence-electron chi connectivity index (χ1n) is 9.31. The largest absolute Gasteiger partial charge is 0.461 e. The van der Waals surface area contributed by atoms with Crippen LogP contribution in [0.2, 0.25) is 0 Å². The van der Waals surface area contributed by atoms with Gasteiger partial charge in [-0.3, -0.25) is 14.5 Å². The van der Waals surface area contributed by atoms with E-state index in [1.54, 1.807) is 51.1 Å². The van der Waals surface area contributed by atoms with Crippen LogP contribution in [-0.2, 0) is 33.7 Å². The Bertz CT molecular complexity index is 1060. The first kappa shape index (κ1) is 21.8. The van der Waals surface area contributed by atoms with E-state index in [4.69, 9.17) is 9.47 Å². The van der Waals surface area contributed by atoms with Gasteiger partial charge in [-0.05, 0) is 32.4 Å². The Hall–Kier alpha value is -2.94. The highest BCUT2D eigenvalue weighted by molar-refractivity contribution is 7.92. The number of carbonyl (C=O) groups is 3. The van der Waals surface area contributed by atoms with Gasteiger partial charge < -0.3 is 9.47 Å². The normalized spacial score (nSPS) is 21.7. The molecule has 1 atom stereocenters. The Morgan fingerprint density at radius 2 is 1.83 bits per heavy atom. The monoisotopic (exact) mass is 433 g/mol. The summed E-state index contributed by atoms with van der Waals surface area (Å²) in [4.78, 5) is 37.9. The number of fused-ring (bicyclic) bond motifs is 1. The average Bonchev–Trinajstić information content (AvgIpc) is 2.62. The zero-order chi connectivity index (χ0) is 22.3. The van der Waals surface area contributed by atoms with Crippen molar-refractivity contribution in [3.05, 3.63) is 52.7 Å². The number of hydrogen-bond acceptors (Lipinski definition) is 7. The summed E-state index contributed by atoms with van der Waals surface area (Å²) in [5, 5.41) is -1.28. The van der Waals surface area contributed by atoms with Crippen LogP contribution in [0.3, 0.4) is 0 Å². The van der Waals surface area contributed by atoms with Gasteiger partial charge >= 0.3 is 11.9 Å². The van der Waals surface area contributed by atoms with Crippen LogP contribution in [0.15, 0.2) is 47.2 Å². The number of nitrogens with zero attached hydrogens (tertiary/aromatic N) is 1. The van der Waals surface area contributed by atoms with Gasteiger partial charge in [0.1, 0.15) is 17.9 Å². The molecule has 3 rings (SSSR count). The lowest BCUT2D eigenvalue weighted by atomic mass is 9.99. The molecule has 1 aromatic rings. The second-order valence-electron chi connectivity index (χ2n) is 8.08. The third kappa shape index (κ3) is 4.30.